The molecule has 0 aliphatic carbocycles. The Labute approximate surface area is 91.9 Å². The van der Waals surface area contributed by atoms with Gasteiger partial charge >= 0.3 is 5.97 Å². The molecule has 0 aliphatic rings. The second-order valence-electron chi connectivity index (χ2n) is 3.13. The Hall–Kier alpha value is -1.17. The summed E-state index contributed by atoms with van der Waals surface area (Å²) < 4.78 is 9.90. The van der Waals surface area contributed by atoms with E-state index in [-0.39, 0.29) is 6.61 Å². The standard InChI is InChI=1S/C10H15NO3Si/c11-9(10(12)14-15)7-13-6-8-4-2-1-3-5-8/h1-5,9H,6-7,11H2,15H3/t9-/m1/s1. The summed E-state index contributed by atoms with van der Waals surface area (Å²) in [6, 6.07) is 9.04. The quantitative estimate of drug-likeness (QED) is 0.677. The highest BCUT2D eigenvalue weighted by Gasteiger charge is 2.12. The van der Waals surface area contributed by atoms with Gasteiger partial charge in [0.05, 0.1) is 13.2 Å². The number of ether oxygens (including phenoxy) is 1. The minimum atomic E-state index is -0.675. The fraction of sp³-hybridized carbons (Fsp3) is 0.300. The minimum absolute atomic E-state index is 0.190. The van der Waals surface area contributed by atoms with E-state index in [0.717, 1.165) is 5.56 Å². The van der Waals surface area contributed by atoms with E-state index in [9.17, 15) is 4.79 Å². The monoisotopic (exact) mass is 225 g/mol. The largest absolute Gasteiger partial charge is 0.528 e. The molecule has 0 heterocycles. The molecule has 2 N–H and O–H groups in total. The van der Waals surface area contributed by atoms with Crippen LogP contribution >= 0.6 is 0 Å². The Bertz CT molecular complexity index is 305. The van der Waals surface area contributed by atoms with Crippen molar-refractivity contribution in [2.75, 3.05) is 6.61 Å². The fourth-order valence-corrected chi connectivity index (χ4v) is 1.40. The van der Waals surface area contributed by atoms with Crippen LogP contribution in [0.3, 0.4) is 0 Å². The van der Waals surface area contributed by atoms with Gasteiger partial charge in [0.25, 0.3) is 0 Å². The van der Waals surface area contributed by atoms with Gasteiger partial charge in [0.15, 0.2) is 0 Å². The first kappa shape index (κ1) is 11.9. The normalized spacial score (nSPS) is 12.3. The van der Waals surface area contributed by atoms with Crippen molar-refractivity contribution >= 4 is 16.5 Å². The van der Waals surface area contributed by atoms with Crippen LogP contribution < -0.4 is 5.73 Å². The average Bonchev–Trinajstić information content (AvgIpc) is 2.29. The molecule has 0 amide bonds. The van der Waals surface area contributed by atoms with Crippen molar-refractivity contribution in [3.05, 3.63) is 35.9 Å². The average molecular weight is 225 g/mol. The lowest BCUT2D eigenvalue weighted by atomic mass is 10.2. The van der Waals surface area contributed by atoms with Crippen LogP contribution in [0.1, 0.15) is 5.56 Å². The zero-order chi connectivity index (χ0) is 11.1. The number of carbonyl (C=O) groups is 1. The lowest BCUT2D eigenvalue weighted by Crippen LogP contribution is -2.36. The molecule has 1 atom stereocenters. The molecule has 0 radical (unpaired) electrons. The van der Waals surface area contributed by atoms with Crippen LogP contribution in [0.5, 0.6) is 0 Å². The van der Waals surface area contributed by atoms with Crippen molar-refractivity contribution in [3.63, 3.8) is 0 Å². The summed E-state index contributed by atoms with van der Waals surface area (Å²) in [5, 5.41) is 0. The molecule has 0 saturated carbocycles. The van der Waals surface area contributed by atoms with Crippen molar-refractivity contribution in [1.29, 1.82) is 0 Å². The highest BCUT2D eigenvalue weighted by Crippen LogP contribution is 2.00. The molecule has 1 aromatic rings. The van der Waals surface area contributed by atoms with Crippen LogP contribution in [-0.2, 0) is 20.6 Å². The molecule has 0 spiro atoms. The number of carbonyl (C=O) groups excluding carboxylic acids is 1. The Morgan fingerprint density at radius 1 is 1.40 bits per heavy atom. The number of benzene rings is 1. The Balaban J connectivity index is 2.25. The van der Waals surface area contributed by atoms with E-state index in [4.69, 9.17) is 10.5 Å². The third kappa shape index (κ3) is 4.24. The first-order chi connectivity index (χ1) is 7.24. The van der Waals surface area contributed by atoms with E-state index in [0.29, 0.717) is 17.1 Å². The number of hydrogen-bond acceptors (Lipinski definition) is 4. The fourth-order valence-electron chi connectivity index (χ4n) is 1.10. The zero-order valence-corrected chi connectivity index (χ0v) is 10.7. The maximum absolute atomic E-state index is 11.0. The molecule has 0 fully saturated rings. The van der Waals surface area contributed by atoms with E-state index < -0.39 is 12.0 Å². The molecule has 0 saturated heterocycles. The Morgan fingerprint density at radius 3 is 2.67 bits per heavy atom. The van der Waals surface area contributed by atoms with Crippen molar-refractivity contribution in [3.8, 4) is 0 Å². The molecule has 0 aliphatic heterocycles. The highest BCUT2D eigenvalue weighted by atomic mass is 28.2. The molecule has 0 aromatic heterocycles. The first-order valence-electron chi connectivity index (χ1n) is 4.69. The molecule has 4 nitrogen and oxygen atoms in total. The van der Waals surface area contributed by atoms with E-state index in [1.54, 1.807) is 0 Å². The minimum Gasteiger partial charge on any atom is -0.528 e. The van der Waals surface area contributed by atoms with Gasteiger partial charge in [-0.1, -0.05) is 30.3 Å². The molecule has 0 bridgehead atoms. The lowest BCUT2D eigenvalue weighted by Gasteiger charge is -2.10. The van der Waals surface area contributed by atoms with Gasteiger partial charge in [-0.3, -0.25) is 4.79 Å². The van der Waals surface area contributed by atoms with Crippen molar-refractivity contribution in [2.24, 2.45) is 5.73 Å². The second kappa shape index (κ2) is 6.34. The molecular formula is C10H15NO3Si. The van der Waals surface area contributed by atoms with Crippen molar-refractivity contribution < 1.29 is 14.0 Å². The Morgan fingerprint density at radius 2 is 2.07 bits per heavy atom. The molecular weight excluding hydrogens is 210 g/mol. The van der Waals surface area contributed by atoms with E-state index in [1.807, 2.05) is 30.3 Å². The number of nitrogens with two attached hydrogens (primary N) is 1. The first-order valence-corrected chi connectivity index (χ1v) is 5.50. The maximum atomic E-state index is 11.0. The van der Waals surface area contributed by atoms with E-state index in [1.165, 1.54) is 0 Å². The van der Waals surface area contributed by atoms with Crippen LogP contribution in [-0.4, -0.2) is 29.1 Å². The molecule has 5 heteroatoms. The molecule has 15 heavy (non-hydrogen) atoms. The molecule has 1 rings (SSSR count). The van der Waals surface area contributed by atoms with Gasteiger partial charge in [0.2, 0.25) is 10.5 Å². The zero-order valence-electron chi connectivity index (χ0n) is 8.68. The van der Waals surface area contributed by atoms with Crippen LogP contribution in [0, 0.1) is 0 Å². The summed E-state index contributed by atoms with van der Waals surface area (Å²) in [5.41, 5.74) is 6.57. The van der Waals surface area contributed by atoms with Crippen molar-refractivity contribution in [1.82, 2.24) is 0 Å². The number of hydrogen-bond donors (Lipinski definition) is 1. The third-order valence-corrected chi connectivity index (χ3v) is 2.32. The lowest BCUT2D eigenvalue weighted by molar-refractivity contribution is -0.137. The van der Waals surface area contributed by atoms with Gasteiger partial charge in [-0.15, -0.1) is 0 Å². The maximum Gasteiger partial charge on any atom is 0.311 e. The Kier molecular flexibility index (Phi) is 5.03. The second-order valence-corrected chi connectivity index (χ2v) is 3.54. The van der Waals surface area contributed by atoms with Crippen LogP contribution in [0.4, 0.5) is 0 Å². The van der Waals surface area contributed by atoms with Gasteiger partial charge in [0, 0.05) is 0 Å². The topological polar surface area (TPSA) is 61.5 Å². The van der Waals surface area contributed by atoms with E-state index >= 15 is 0 Å². The van der Waals surface area contributed by atoms with Gasteiger partial charge in [0.1, 0.15) is 6.04 Å². The predicted molar refractivity (Wildman–Crippen MR) is 60.1 cm³/mol. The highest BCUT2D eigenvalue weighted by molar-refractivity contribution is 6.06. The van der Waals surface area contributed by atoms with Crippen molar-refractivity contribution in [2.45, 2.75) is 12.6 Å². The molecule has 82 valence electrons. The van der Waals surface area contributed by atoms with Gasteiger partial charge in [-0.25, -0.2) is 0 Å². The van der Waals surface area contributed by atoms with Gasteiger partial charge in [-0.05, 0) is 5.56 Å². The van der Waals surface area contributed by atoms with Crippen LogP contribution in [0.15, 0.2) is 30.3 Å². The SMILES string of the molecule is N[C@H](COCc1ccccc1)C(=O)O[SiH3]. The predicted octanol–water partition coefficient (Wildman–Crippen LogP) is -0.646. The summed E-state index contributed by atoms with van der Waals surface area (Å²) in [6.07, 6.45) is 0. The van der Waals surface area contributed by atoms with Gasteiger partial charge < -0.3 is 14.9 Å². The molecule has 1 aromatic carbocycles. The molecule has 0 unspecified atom stereocenters. The summed E-state index contributed by atoms with van der Waals surface area (Å²) >= 11 is 0. The third-order valence-electron chi connectivity index (χ3n) is 1.91. The van der Waals surface area contributed by atoms with E-state index in [2.05, 4.69) is 4.43 Å². The van der Waals surface area contributed by atoms with Crippen LogP contribution in [0.2, 0.25) is 0 Å². The summed E-state index contributed by atoms with van der Waals surface area (Å²) in [6.45, 7) is 0.652. The summed E-state index contributed by atoms with van der Waals surface area (Å²) in [5.74, 6) is -0.394. The van der Waals surface area contributed by atoms with Gasteiger partial charge in [-0.2, -0.15) is 0 Å². The summed E-state index contributed by atoms with van der Waals surface area (Å²) in [7, 11) is 0.370. The van der Waals surface area contributed by atoms with Crippen LogP contribution in [0.25, 0.3) is 0 Å². The number of rotatable bonds is 5. The summed E-state index contributed by atoms with van der Waals surface area (Å²) in [4.78, 5) is 11.0. The smallest absolute Gasteiger partial charge is 0.311 e.